The number of nitrogens with one attached hydrogen (secondary N) is 1. The summed E-state index contributed by atoms with van der Waals surface area (Å²) in [4.78, 5) is 27.3. The molecule has 0 aromatic heterocycles. The van der Waals surface area contributed by atoms with Crippen LogP contribution in [0.2, 0.25) is 0 Å². The van der Waals surface area contributed by atoms with Gasteiger partial charge in [-0.25, -0.2) is 0 Å². The first-order chi connectivity index (χ1) is 8.19. The van der Waals surface area contributed by atoms with Gasteiger partial charge in [-0.3, -0.25) is 9.59 Å². The van der Waals surface area contributed by atoms with Crippen molar-refractivity contribution in [3.8, 4) is 0 Å². The van der Waals surface area contributed by atoms with Crippen molar-refractivity contribution in [2.45, 2.75) is 26.7 Å². The van der Waals surface area contributed by atoms with Crippen LogP contribution in [0.1, 0.15) is 26.7 Å². The Morgan fingerprint density at radius 2 is 1.76 bits per heavy atom. The maximum atomic E-state index is 11.8. The highest BCUT2D eigenvalue weighted by atomic mass is 16.2. The Kier molecular flexibility index (Phi) is 5.97. The van der Waals surface area contributed by atoms with Gasteiger partial charge in [-0.15, -0.1) is 0 Å². The third-order valence-electron chi connectivity index (χ3n) is 3.12. The van der Waals surface area contributed by atoms with Crippen LogP contribution >= 0.6 is 0 Å². The summed E-state index contributed by atoms with van der Waals surface area (Å²) in [5, 5.41) is 2.66. The molecule has 98 valence electrons. The Bertz CT molecular complexity index is 260. The minimum absolute atomic E-state index is 0.378. The fourth-order valence-electron chi connectivity index (χ4n) is 1.87. The summed E-state index contributed by atoms with van der Waals surface area (Å²) >= 11 is 0. The molecule has 0 unspecified atom stereocenters. The molecule has 0 aromatic carbocycles. The van der Waals surface area contributed by atoms with Crippen molar-refractivity contribution in [3.63, 3.8) is 0 Å². The smallest absolute Gasteiger partial charge is 0.311 e. The lowest BCUT2D eigenvalue weighted by molar-refractivity contribution is -0.146. The first kappa shape index (κ1) is 14.0. The van der Waals surface area contributed by atoms with Gasteiger partial charge < -0.3 is 15.1 Å². The Hall–Kier alpha value is -1.10. The lowest BCUT2D eigenvalue weighted by Gasteiger charge is -2.33. The zero-order valence-electron chi connectivity index (χ0n) is 10.9. The fraction of sp³-hybridized carbons (Fsp3) is 0.833. The summed E-state index contributed by atoms with van der Waals surface area (Å²) in [5.74, 6) is -0.833. The van der Waals surface area contributed by atoms with Crippen molar-refractivity contribution < 1.29 is 9.59 Å². The van der Waals surface area contributed by atoms with Gasteiger partial charge in [-0.05, 0) is 13.0 Å². The topological polar surface area (TPSA) is 52.7 Å². The number of rotatable bonds is 4. The lowest BCUT2D eigenvalue weighted by Crippen LogP contribution is -2.52. The molecule has 1 aliphatic rings. The highest BCUT2D eigenvalue weighted by Gasteiger charge is 2.24. The molecule has 0 radical (unpaired) electrons. The average Bonchev–Trinajstić information content (AvgIpc) is 2.38. The first-order valence-electron chi connectivity index (χ1n) is 6.48. The van der Waals surface area contributed by atoms with Crippen LogP contribution in [0.5, 0.6) is 0 Å². The molecule has 0 bridgehead atoms. The summed E-state index contributed by atoms with van der Waals surface area (Å²) in [7, 11) is 0. The monoisotopic (exact) mass is 241 g/mol. The van der Waals surface area contributed by atoms with Crippen molar-refractivity contribution in [2.75, 3.05) is 39.3 Å². The Morgan fingerprint density at radius 3 is 2.29 bits per heavy atom. The molecular weight excluding hydrogens is 218 g/mol. The number of piperazine rings is 1. The van der Waals surface area contributed by atoms with E-state index in [1.54, 1.807) is 4.90 Å². The minimum atomic E-state index is -0.455. The van der Waals surface area contributed by atoms with Crippen molar-refractivity contribution in [2.24, 2.45) is 0 Å². The summed E-state index contributed by atoms with van der Waals surface area (Å²) in [6, 6.07) is 0. The molecule has 1 aliphatic heterocycles. The van der Waals surface area contributed by atoms with E-state index in [1.165, 1.54) is 0 Å². The second kappa shape index (κ2) is 7.27. The van der Waals surface area contributed by atoms with Gasteiger partial charge in [0.05, 0.1) is 0 Å². The van der Waals surface area contributed by atoms with Crippen LogP contribution in [0.3, 0.4) is 0 Å². The maximum absolute atomic E-state index is 11.8. The van der Waals surface area contributed by atoms with E-state index < -0.39 is 5.91 Å². The molecule has 0 spiro atoms. The average molecular weight is 241 g/mol. The molecule has 0 saturated carbocycles. The third-order valence-corrected chi connectivity index (χ3v) is 3.12. The zero-order valence-corrected chi connectivity index (χ0v) is 10.9. The van der Waals surface area contributed by atoms with Gasteiger partial charge in [-0.1, -0.05) is 20.3 Å². The van der Waals surface area contributed by atoms with Crippen molar-refractivity contribution in [3.05, 3.63) is 0 Å². The SMILES string of the molecule is CCCCNC(=O)C(=O)N1CCN(CC)CC1. The van der Waals surface area contributed by atoms with Crippen molar-refractivity contribution in [1.29, 1.82) is 0 Å². The molecule has 17 heavy (non-hydrogen) atoms. The van der Waals surface area contributed by atoms with E-state index in [-0.39, 0.29) is 5.91 Å². The normalized spacial score (nSPS) is 16.9. The Labute approximate surface area is 103 Å². The van der Waals surface area contributed by atoms with Gasteiger partial charge in [0.15, 0.2) is 0 Å². The second-order valence-corrected chi connectivity index (χ2v) is 4.34. The molecule has 2 amide bonds. The third kappa shape index (κ3) is 4.34. The fourth-order valence-corrected chi connectivity index (χ4v) is 1.87. The molecular formula is C12H23N3O2. The van der Waals surface area contributed by atoms with Crippen molar-refractivity contribution >= 4 is 11.8 Å². The molecule has 1 saturated heterocycles. The number of amides is 2. The molecule has 0 aromatic rings. The van der Waals surface area contributed by atoms with Crippen LogP contribution < -0.4 is 5.32 Å². The van der Waals surface area contributed by atoms with Crippen LogP contribution in [0, 0.1) is 0 Å². The predicted octanol–water partition coefficient (Wildman–Crippen LogP) is 0.0668. The number of carbonyl (C=O) groups is 2. The Balaban J connectivity index is 2.30. The number of nitrogens with zero attached hydrogens (tertiary/aromatic N) is 2. The van der Waals surface area contributed by atoms with Crippen LogP contribution in [-0.4, -0.2) is 60.9 Å². The molecule has 1 rings (SSSR count). The first-order valence-corrected chi connectivity index (χ1v) is 6.48. The van der Waals surface area contributed by atoms with Crippen LogP contribution in [0.15, 0.2) is 0 Å². The van der Waals surface area contributed by atoms with E-state index in [1.807, 2.05) is 0 Å². The van der Waals surface area contributed by atoms with E-state index in [0.29, 0.717) is 19.6 Å². The lowest BCUT2D eigenvalue weighted by atomic mass is 10.3. The highest BCUT2D eigenvalue weighted by Crippen LogP contribution is 2.01. The van der Waals surface area contributed by atoms with Crippen molar-refractivity contribution in [1.82, 2.24) is 15.1 Å². The van der Waals surface area contributed by atoms with E-state index in [4.69, 9.17) is 0 Å². The largest absolute Gasteiger partial charge is 0.348 e. The van der Waals surface area contributed by atoms with Gasteiger partial charge in [0, 0.05) is 32.7 Å². The molecule has 0 atom stereocenters. The Morgan fingerprint density at radius 1 is 1.12 bits per heavy atom. The summed E-state index contributed by atoms with van der Waals surface area (Å²) in [6.07, 6.45) is 1.94. The van der Waals surface area contributed by atoms with Gasteiger partial charge in [-0.2, -0.15) is 0 Å². The van der Waals surface area contributed by atoms with Crippen LogP contribution in [0.4, 0.5) is 0 Å². The molecule has 1 heterocycles. The minimum Gasteiger partial charge on any atom is -0.348 e. The van der Waals surface area contributed by atoms with Gasteiger partial charge in [0.1, 0.15) is 0 Å². The van der Waals surface area contributed by atoms with Gasteiger partial charge in [0.2, 0.25) is 0 Å². The quantitative estimate of drug-likeness (QED) is 0.559. The van der Waals surface area contributed by atoms with Gasteiger partial charge >= 0.3 is 11.8 Å². The molecule has 0 aliphatic carbocycles. The number of hydrogen-bond donors (Lipinski definition) is 1. The molecule has 5 nitrogen and oxygen atoms in total. The number of carbonyl (C=O) groups excluding carboxylic acids is 2. The second-order valence-electron chi connectivity index (χ2n) is 4.34. The predicted molar refractivity (Wildman–Crippen MR) is 66.6 cm³/mol. The summed E-state index contributed by atoms with van der Waals surface area (Å²) < 4.78 is 0. The standard InChI is InChI=1S/C12H23N3O2/c1-3-5-6-13-11(16)12(17)15-9-7-14(4-2)8-10-15/h3-10H2,1-2H3,(H,13,16). The number of unbranched alkanes of at least 4 members (excludes halogenated alkanes) is 1. The van der Waals surface area contributed by atoms with Crippen LogP contribution in [-0.2, 0) is 9.59 Å². The van der Waals surface area contributed by atoms with Gasteiger partial charge in [0.25, 0.3) is 0 Å². The van der Waals surface area contributed by atoms with E-state index in [0.717, 1.165) is 32.5 Å². The number of hydrogen-bond acceptors (Lipinski definition) is 3. The van der Waals surface area contributed by atoms with E-state index in [9.17, 15) is 9.59 Å². The molecule has 1 fully saturated rings. The number of likely N-dealkylation sites (N-methyl/N-ethyl adjacent to an activating group) is 1. The maximum Gasteiger partial charge on any atom is 0.311 e. The highest BCUT2D eigenvalue weighted by molar-refractivity contribution is 6.35. The zero-order chi connectivity index (χ0) is 12.7. The van der Waals surface area contributed by atoms with E-state index >= 15 is 0 Å². The summed E-state index contributed by atoms with van der Waals surface area (Å²) in [6.45, 7) is 8.81. The summed E-state index contributed by atoms with van der Waals surface area (Å²) in [5.41, 5.74) is 0. The van der Waals surface area contributed by atoms with Crippen LogP contribution in [0.25, 0.3) is 0 Å². The van der Waals surface area contributed by atoms with E-state index in [2.05, 4.69) is 24.1 Å². The molecule has 1 N–H and O–H groups in total. The molecule has 5 heteroatoms.